The van der Waals surface area contributed by atoms with Crippen LogP contribution in [0, 0.1) is 5.82 Å². The quantitative estimate of drug-likeness (QED) is 0.722. The molecule has 3 rings (SSSR count). The van der Waals surface area contributed by atoms with Crippen LogP contribution in [0.5, 0.6) is 0 Å². The Morgan fingerprint density at radius 2 is 1.69 bits per heavy atom. The van der Waals surface area contributed by atoms with Gasteiger partial charge in [0, 0.05) is 36.6 Å². The third kappa shape index (κ3) is 4.32. The van der Waals surface area contributed by atoms with E-state index in [2.05, 4.69) is 15.9 Å². The lowest BCUT2D eigenvalue weighted by atomic mass is 10.1. The molecule has 7 heteroatoms. The molecule has 0 bridgehead atoms. The summed E-state index contributed by atoms with van der Waals surface area (Å²) in [5.41, 5.74) is 0.475. The van der Waals surface area contributed by atoms with Crippen molar-refractivity contribution < 1.29 is 14.0 Å². The number of halogens is 2. The molecular formula is C19H20BrFN2O2S. The van der Waals surface area contributed by atoms with Gasteiger partial charge in [-0.2, -0.15) is 0 Å². The number of amides is 2. The van der Waals surface area contributed by atoms with Crippen LogP contribution in [0.4, 0.5) is 4.39 Å². The van der Waals surface area contributed by atoms with Crippen molar-refractivity contribution >= 4 is 39.1 Å². The molecule has 1 aliphatic heterocycles. The Morgan fingerprint density at radius 3 is 2.35 bits per heavy atom. The van der Waals surface area contributed by atoms with Gasteiger partial charge in [-0.15, -0.1) is 11.3 Å². The van der Waals surface area contributed by atoms with Gasteiger partial charge in [-0.05, 0) is 65.7 Å². The lowest BCUT2D eigenvalue weighted by molar-refractivity contribution is -0.132. The normalized spacial score (nSPS) is 16.3. The largest absolute Gasteiger partial charge is 0.340 e. The average molecular weight is 439 g/mol. The van der Waals surface area contributed by atoms with Crippen LogP contribution in [-0.2, 0) is 4.79 Å². The van der Waals surface area contributed by atoms with E-state index in [1.54, 1.807) is 16.2 Å². The molecular weight excluding hydrogens is 419 g/mol. The van der Waals surface area contributed by atoms with Gasteiger partial charge in [-0.1, -0.05) is 0 Å². The van der Waals surface area contributed by atoms with Crippen molar-refractivity contribution in [3.8, 4) is 0 Å². The van der Waals surface area contributed by atoms with E-state index < -0.39 is 0 Å². The number of hydrogen-bond acceptors (Lipinski definition) is 3. The number of rotatable bonds is 3. The van der Waals surface area contributed by atoms with Crippen molar-refractivity contribution in [2.75, 3.05) is 26.2 Å². The Balaban J connectivity index is 1.63. The van der Waals surface area contributed by atoms with Crippen LogP contribution in [0.25, 0.3) is 0 Å². The van der Waals surface area contributed by atoms with Crippen molar-refractivity contribution in [1.82, 2.24) is 9.80 Å². The first kappa shape index (κ1) is 19.0. The first-order valence-corrected chi connectivity index (χ1v) is 10.2. The highest BCUT2D eigenvalue weighted by Crippen LogP contribution is 2.29. The number of carbonyl (C=O) groups excluding carboxylic acids is 2. The second kappa shape index (κ2) is 8.31. The van der Waals surface area contributed by atoms with Gasteiger partial charge >= 0.3 is 0 Å². The molecule has 138 valence electrons. The minimum Gasteiger partial charge on any atom is -0.340 e. The van der Waals surface area contributed by atoms with Gasteiger partial charge in [0.1, 0.15) is 5.82 Å². The maximum atomic E-state index is 13.0. The fraction of sp³-hybridized carbons (Fsp3) is 0.368. The van der Waals surface area contributed by atoms with Crippen LogP contribution in [0.1, 0.15) is 34.5 Å². The molecule has 1 saturated heterocycles. The van der Waals surface area contributed by atoms with Gasteiger partial charge in [-0.25, -0.2) is 4.39 Å². The molecule has 1 aromatic carbocycles. The average Bonchev–Trinajstić information content (AvgIpc) is 2.93. The predicted octanol–water partition coefficient (Wildman–Crippen LogP) is 4.13. The summed E-state index contributed by atoms with van der Waals surface area (Å²) in [7, 11) is 0. The molecule has 1 fully saturated rings. The summed E-state index contributed by atoms with van der Waals surface area (Å²) in [6.45, 7) is 4.17. The van der Waals surface area contributed by atoms with Gasteiger partial charge in [0.05, 0.1) is 9.70 Å². The van der Waals surface area contributed by atoms with Gasteiger partial charge in [0.15, 0.2) is 0 Å². The van der Waals surface area contributed by atoms with Crippen LogP contribution in [-0.4, -0.2) is 47.8 Å². The Morgan fingerprint density at radius 1 is 1.04 bits per heavy atom. The maximum absolute atomic E-state index is 13.0. The standard InChI is InChI=1S/C19H20BrFN2O2S/c1-13(16-7-8-17(20)26-16)18(24)22-9-2-10-23(12-11-22)19(25)14-3-5-15(21)6-4-14/h3-8,13H,2,9-12H2,1H3. The lowest BCUT2D eigenvalue weighted by Gasteiger charge is -2.24. The first-order chi connectivity index (χ1) is 12.5. The van der Waals surface area contributed by atoms with Gasteiger partial charge in [0.25, 0.3) is 5.91 Å². The van der Waals surface area contributed by atoms with E-state index in [9.17, 15) is 14.0 Å². The zero-order valence-corrected chi connectivity index (χ0v) is 16.9. The minimum absolute atomic E-state index is 0.0930. The minimum atomic E-state index is -0.358. The van der Waals surface area contributed by atoms with Crippen molar-refractivity contribution in [2.45, 2.75) is 19.3 Å². The van der Waals surface area contributed by atoms with Crippen LogP contribution >= 0.6 is 27.3 Å². The van der Waals surface area contributed by atoms with Gasteiger partial charge in [-0.3, -0.25) is 9.59 Å². The highest BCUT2D eigenvalue weighted by molar-refractivity contribution is 9.11. The van der Waals surface area contributed by atoms with E-state index in [1.807, 2.05) is 24.0 Å². The zero-order valence-electron chi connectivity index (χ0n) is 14.5. The summed E-state index contributed by atoms with van der Waals surface area (Å²) < 4.78 is 14.1. The number of benzene rings is 1. The summed E-state index contributed by atoms with van der Waals surface area (Å²) in [6, 6.07) is 9.52. The van der Waals surface area contributed by atoms with Gasteiger partial charge < -0.3 is 9.80 Å². The lowest BCUT2D eigenvalue weighted by Crippen LogP contribution is -2.38. The van der Waals surface area contributed by atoms with E-state index in [4.69, 9.17) is 0 Å². The van der Waals surface area contributed by atoms with Crippen LogP contribution in [0.3, 0.4) is 0 Å². The monoisotopic (exact) mass is 438 g/mol. The van der Waals surface area contributed by atoms with Crippen molar-refractivity contribution in [3.05, 3.63) is 56.4 Å². The number of thiophene rings is 1. The van der Waals surface area contributed by atoms with Crippen molar-refractivity contribution in [1.29, 1.82) is 0 Å². The number of hydrogen-bond donors (Lipinski definition) is 0. The topological polar surface area (TPSA) is 40.6 Å². The molecule has 2 aromatic rings. The molecule has 1 unspecified atom stereocenters. The maximum Gasteiger partial charge on any atom is 0.253 e. The SMILES string of the molecule is CC(C(=O)N1CCCN(C(=O)c2ccc(F)cc2)CC1)c1ccc(Br)s1. The van der Waals surface area contributed by atoms with E-state index in [-0.39, 0.29) is 23.5 Å². The van der Waals surface area contributed by atoms with Gasteiger partial charge in [0.2, 0.25) is 5.91 Å². The molecule has 0 radical (unpaired) electrons. The van der Waals surface area contributed by atoms with E-state index in [0.29, 0.717) is 31.7 Å². The van der Waals surface area contributed by atoms with Crippen molar-refractivity contribution in [3.63, 3.8) is 0 Å². The predicted molar refractivity (Wildman–Crippen MR) is 104 cm³/mol. The van der Waals surface area contributed by atoms with Crippen LogP contribution in [0.2, 0.25) is 0 Å². The smallest absolute Gasteiger partial charge is 0.253 e. The summed E-state index contributed by atoms with van der Waals surface area (Å²) >= 11 is 5.01. The molecule has 26 heavy (non-hydrogen) atoms. The summed E-state index contributed by atoms with van der Waals surface area (Å²) in [6.07, 6.45) is 0.736. The molecule has 0 aliphatic carbocycles. The Kier molecular flexibility index (Phi) is 6.09. The highest BCUT2D eigenvalue weighted by Gasteiger charge is 2.27. The Labute approximate surface area is 164 Å². The molecule has 2 heterocycles. The second-order valence-corrected chi connectivity index (χ2v) is 8.84. The fourth-order valence-electron chi connectivity index (χ4n) is 3.07. The molecule has 1 aromatic heterocycles. The molecule has 4 nitrogen and oxygen atoms in total. The fourth-order valence-corrected chi connectivity index (χ4v) is 4.54. The molecule has 1 aliphatic rings. The zero-order chi connectivity index (χ0) is 18.7. The van der Waals surface area contributed by atoms with Crippen LogP contribution in [0.15, 0.2) is 40.2 Å². The van der Waals surface area contributed by atoms with Crippen molar-refractivity contribution in [2.24, 2.45) is 0 Å². The Bertz CT molecular complexity index is 793. The van der Waals surface area contributed by atoms with E-state index in [0.717, 1.165) is 15.1 Å². The molecule has 2 amide bonds. The molecule has 1 atom stereocenters. The van der Waals surface area contributed by atoms with Crippen LogP contribution < -0.4 is 0 Å². The third-order valence-corrected chi connectivity index (χ3v) is 6.38. The van der Waals surface area contributed by atoms with E-state index >= 15 is 0 Å². The summed E-state index contributed by atoms with van der Waals surface area (Å²) in [5.74, 6) is -0.570. The van der Waals surface area contributed by atoms with E-state index in [1.165, 1.54) is 24.3 Å². The summed E-state index contributed by atoms with van der Waals surface area (Å²) in [5, 5.41) is 0. The molecule has 0 N–H and O–H groups in total. The third-order valence-electron chi connectivity index (χ3n) is 4.58. The number of carbonyl (C=O) groups is 2. The molecule has 0 saturated carbocycles. The first-order valence-electron chi connectivity index (χ1n) is 8.54. The molecule has 0 spiro atoms. The number of nitrogens with zero attached hydrogens (tertiary/aromatic N) is 2. The summed E-state index contributed by atoms with van der Waals surface area (Å²) in [4.78, 5) is 30.0. The second-order valence-electron chi connectivity index (χ2n) is 6.34. The highest BCUT2D eigenvalue weighted by atomic mass is 79.9. The Hall–Kier alpha value is -1.73.